The van der Waals surface area contributed by atoms with Gasteiger partial charge in [-0.25, -0.2) is 9.97 Å². The van der Waals surface area contributed by atoms with Crippen molar-refractivity contribution in [2.24, 2.45) is 5.73 Å². The van der Waals surface area contributed by atoms with Gasteiger partial charge in [-0.15, -0.1) is 0 Å². The van der Waals surface area contributed by atoms with Gasteiger partial charge in [0.15, 0.2) is 0 Å². The van der Waals surface area contributed by atoms with Crippen LogP contribution in [0.2, 0.25) is 0 Å². The van der Waals surface area contributed by atoms with Crippen molar-refractivity contribution in [3.63, 3.8) is 0 Å². The first-order chi connectivity index (χ1) is 8.20. The van der Waals surface area contributed by atoms with Crippen LogP contribution in [0.3, 0.4) is 0 Å². The number of hydrogen-bond acceptors (Lipinski definition) is 4. The topological polar surface area (TPSA) is 61.0 Å². The van der Waals surface area contributed by atoms with Crippen molar-refractivity contribution in [1.82, 2.24) is 9.97 Å². The average Bonchev–Trinajstić information content (AvgIpc) is 2.34. The van der Waals surface area contributed by atoms with Gasteiger partial charge in [-0.2, -0.15) is 0 Å². The van der Waals surface area contributed by atoms with Crippen molar-refractivity contribution in [3.8, 4) is 11.6 Å². The molecule has 6 heteroatoms. The molecule has 0 unspecified atom stereocenters. The lowest BCUT2D eigenvalue weighted by atomic mass is 10.2. The van der Waals surface area contributed by atoms with E-state index in [9.17, 15) is 0 Å². The number of ether oxygens (including phenoxy) is 1. The van der Waals surface area contributed by atoms with Crippen LogP contribution in [0.1, 0.15) is 5.56 Å². The summed E-state index contributed by atoms with van der Waals surface area (Å²) in [5, 5.41) is 0. The first-order valence-electron chi connectivity index (χ1n) is 4.82. The summed E-state index contributed by atoms with van der Waals surface area (Å²) in [7, 11) is 0. The highest BCUT2D eigenvalue weighted by Crippen LogP contribution is 2.30. The molecule has 2 rings (SSSR count). The predicted octanol–water partition coefficient (Wildman–Crippen LogP) is 3.25. The van der Waals surface area contributed by atoms with Crippen LogP contribution in [0.25, 0.3) is 0 Å². The second kappa shape index (κ2) is 5.57. The molecule has 0 aliphatic heterocycles. The minimum atomic E-state index is 0.400. The molecule has 0 fully saturated rings. The molecule has 1 aromatic heterocycles. The Labute approximate surface area is 115 Å². The van der Waals surface area contributed by atoms with E-state index in [1.165, 1.54) is 6.33 Å². The zero-order chi connectivity index (χ0) is 12.3. The van der Waals surface area contributed by atoms with Gasteiger partial charge in [0, 0.05) is 22.8 Å². The molecule has 0 aliphatic carbocycles. The third-order valence-electron chi connectivity index (χ3n) is 2.08. The van der Waals surface area contributed by atoms with Crippen LogP contribution in [0.5, 0.6) is 11.6 Å². The van der Waals surface area contributed by atoms with E-state index in [-0.39, 0.29) is 0 Å². The molecule has 88 valence electrons. The molecule has 1 heterocycles. The number of nitrogens with two attached hydrogens (primary N) is 1. The maximum Gasteiger partial charge on any atom is 0.236 e. The Kier molecular flexibility index (Phi) is 4.09. The van der Waals surface area contributed by atoms with Gasteiger partial charge in [0.25, 0.3) is 0 Å². The molecule has 0 aliphatic rings. The third-order valence-corrected chi connectivity index (χ3v) is 3.12. The zero-order valence-electron chi connectivity index (χ0n) is 8.73. The van der Waals surface area contributed by atoms with Crippen LogP contribution in [-0.2, 0) is 6.54 Å². The Morgan fingerprint density at radius 3 is 2.82 bits per heavy atom. The van der Waals surface area contributed by atoms with Crippen molar-refractivity contribution in [3.05, 3.63) is 45.2 Å². The van der Waals surface area contributed by atoms with E-state index in [1.54, 1.807) is 6.20 Å². The summed E-state index contributed by atoms with van der Waals surface area (Å²) in [5.74, 6) is 1.16. The van der Waals surface area contributed by atoms with Gasteiger partial charge < -0.3 is 10.5 Å². The molecule has 0 saturated heterocycles. The van der Waals surface area contributed by atoms with Crippen LogP contribution >= 0.6 is 31.9 Å². The summed E-state index contributed by atoms with van der Waals surface area (Å²) in [6, 6.07) is 5.66. The fourth-order valence-electron chi connectivity index (χ4n) is 1.29. The highest BCUT2D eigenvalue weighted by Gasteiger charge is 2.08. The fourth-order valence-corrected chi connectivity index (χ4v) is 2.00. The average molecular weight is 359 g/mol. The van der Waals surface area contributed by atoms with Crippen LogP contribution in [0.4, 0.5) is 0 Å². The Bertz CT molecular complexity index is 534. The maximum absolute atomic E-state index is 5.69. The van der Waals surface area contributed by atoms with E-state index in [2.05, 4.69) is 41.8 Å². The summed E-state index contributed by atoms with van der Waals surface area (Å²) < 4.78 is 7.35. The molecule has 0 saturated carbocycles. The van der Waals surface area contributed by atoms with E-state index in [0.29, 0.717) is 22.6 Å². The summed E-state index contributed by atoms with van der Waals surface area (Å²) in [4.78, 5) is 7.91. The normalized spacial score (nSPS) is 10.3. The molecule has 0 bridgehead atoms. The number of rotatable bonds is 3. The minimum absolute atomic E-state index is 0.400. The number of hydrogen-bond donors (Lipinski definition) is 1. The molecular weight excluding hydrogens is 350 g/mol. The lowest BCUT2D eigenvalue weighted by molar-refractivity contribution is 0.452. The highest BCUT2D eigenvalue weighted by atomic mass is 79.9. The standard InChI is InChI=1S/C11H9Br2N3O/c12-8-1-2-10(7(3-8)4-14)17-11-9(13)5-15-6-16-11/h1-3,5-6H,4,14H2. The molecule has 17 heavy (non-hydrogen) atoms. The van der Waals surface area contributed by atoms with E-state index in [0.717, 1.165) is 10.0 Å². The smallest absolute Gasteiger partial charge is 0.236 e. The second-order valence-corrected chi connectivity index (χ2v) is 5.00. The van der Waals surface area contributed by atoms with E-state index in [1.807, 2.05) is 18.2 Å². The molecule has 2 aromatic rings. The number of benzene rings is 1. The van der Waals surface area contributed by atoms with Gasteiger partial charge in [0.2, 0.25) is 5.88 Å². The molecule has 4 nitrogen and oxygen atoms in total. The van der Waals surface area contributed by atoms with Gasteiger partial charge in [-0.1, -0.05) is 15.9 Å². The molecule has 0 spiro atoms. The molecule has 0 amide bonds. The van der Waals surface area contributed by atoms with Crippen molar-refractivity contribution in [2.45, 2.75) is 6.54 Å². The number of halogens is 2. The van der Waals surface area contributed by atoms with Crippen molar-refractivity contribution >= 4 is 31.9 Å². The van der Waals surface area contributed by atoms with Gasteiger partial charge in [-0.05, 0) is 34.1 Å². The second-order valence-electron chi connectivity index (χ2n) is 3.23. The van der Waals surface area contributed by atoms with Crippen molar-refractivity contribution < 1.29 is 4.74 Å². The first kappa shape index (κ1) is 12.5. The Balaban J connectivity index is 2.33. The SMILES string of the molecule is NCc1cc(Br)ccc1Oc1ncncc1Br. The first-order valence-corrected chi connectivity index (χ1v) is 6.41. The van der Waals surface area contributed by atoms with E-state index in [4.69, 9.17) is 10.5 Å². The molecule has 2 N–H and O–H groups in total. The predicted molar refractivity (Wildman–Crippen MR) is 71.8 cm³/mol. The zero-order valence-corrected chi connectivity index (χ0v) is 11.9. The summed E-state index contributed by atoms with van der Waals surface area (Å²) in [5.41, 5.74) is 6.57. The molecule has 0 radical (unpaired) electrons. The lowest BCUT2D eigenvalue weighted by Crippen LogP contribution is -2.00. The number of nitrogens with zero attached hydrogens (tertiary/aromatic N) is 2. The Morgan fingerprint density at radius 1 is 1.29 bits per heavy atom. The largest absolute Gasteiger partial charge is 0.437 e. The highest BCUT2D eigenvalue weighted by molar-refractivity contribution is 9.10. The van der Waals surface area contributed by atoms with Crippen molar-refractivity contribution in [1.29, 1.82) is 0 Å². The molecule has 0 atom stereocenters. The van der Waals surface area contributed by atoms with Crippen molar-refractivity contribution in [2.75, 3.05) is 0 Å². The Morgan fingerprint density at radius 2 is 2.12 bits per heavy atom. The summed E-state index contributed by atoms with van der Waals surface area (Å²) in [6.07, 6.45) is 3.06. The van der Waals surface area contributed by atoms with Crippen LogP contribution in [0, 0.1) is 0 Å². The van der Waals surface area contributed by atoms with Gasteiger partial charge in [0.05, 0.1) is 4.47 Å². The molecular formula is C11H9Br2N3O. The number of aromatic nitrogens is 2. The Hall–Kier alpha value is -0.980. The van der Waals surface area contributed by atoms with Gasteiger partial charge in [0.1, 0.15) is 12.1 Å². The van der Waals surface area contributed by atoms with Crippen LogP contribution < -0.4 is 10.5 Å². The summed E-state index contributed by atoms with van der Waals surface area (Å²) >= 11 is 6.72. The van der Waals surface area contributed by atoms with Gasteiger partial charge in [-0.3, -0.25) is 0 Å². The van der Waals surface area contributed by atoms with E-state index >= 15 is 0 Å². The monoisotopic (exact) mass is 357 g/mol. The van der Waals surface area contributed by atoms with Crippen LogP contribution in [-0.4, -0.2) is 9.97 Å². The molecule has 1 aromatic carbocycles. The fraction of sp³-hybridized carbons (Fsp3) is 0.0909. The van der Waals surface area contributed by atoms with Gasteiger partial charge >= 0.3 is 0 Å². The van der Waals surface area contributed by atoms with Crippen LogP contribution in [0.15, 0.2) is 39.7 Å². The third kappa shape index (κ3) is 3.02. The van der Waals surface area contributed by atoms with E-state index < -0.39 is 0 Å². The maximum atomic E-state index is 5.69. The minimum Gasteiger partial charge on any atom is -0.437 e. The summed E-state index contributed by atoms with van der Waals surface area (Å²) in [6.45, 7) is 0.400. The lowest BCUT2D eigenvalue weighted by Gasteiger charge is -2.10. The quantitative estimate of drug-likeness (QED) is 0.914.